The second kappa shape index (κ2) is 6.42. The van der Waals surface area contributed by atoms with E-state index in [-0.39, 0.29) is 6.04 Å². The second-order valence-electron chi connectivity index (χ2n) is 6.13. The van der Waals surface area contributed by atoms with Gasteiger partial charge in [-0.05, 0) is 55.7 Å². The molecule has 0 spiro atoms. The zero-order valence-electron chi connectivity index (χ0n) is 12.6. The summed E-state index contributed by atoms with van der Waals surface area (Å²) in [6, 6.07) is 9.71. The molecule has 1 fully saturated rings. The highest BCUT2D eigenvalue weighted by Gasteiger charge is 2.21. The van der Waals surface area contributed by atoms with Gasteiger partial charge in [-0.15, -0.1) is 0 Å². The van der Waals surface area contributed by atoms with Crippen molar-refractivity contribution in [2.45, 2.75) is 58.0 Å². The average Bonchev–Trinajstić information content (AvgIpc) is 2.46. The van der Waals surface area contributed by atoms with Crippen LogP contribution in [0.3, 0.4) is 0 Å². The quantitative estimate of drug-likeness (QED) is 0.882. The number of hydrogen-bond acceptors (Lipinski definition) is 2. The van der Waals surface area contributed by atoms with E-state index in [2.05, 4.69) is 50.1 Å². The van der Waals surface area contributed by atoms with E-state index >= 15 is 0 Å². The van der Waals surface area contributed by atoms with E-state index < -0.39 is 0 Å². The molecule has 1 saturated carbocycles. The number of hydrogen-bond donors (Lipinski definition) is 1. The van der Waals surface area contributed by atoms with Crippen LogP contribution in [0, 0.1) is 5.92 Å². The van der Waals surface area contributed by atoms with Gasteiger partial charge in [0, 0.05) is 24.8 Å². The molecule has 1 aromatic carbocycles. The topological polar surface area (TPSA) is 29.3 Å². The van der Waals surface area contributed by atoms with Crippen molar-refractivity contribution in [3.05, 3.63) is 29.8 Å². The molecule has 2 N–H and O–H groups in total. The fourth-order valence-corrected chi connectivity index (χ4v) is 3.03. The fourth-order valence-electron chi connectivity index (χ4n) is 3.03. The van der Waals surface area contributed by atoms with Crippen molar-refractivity contribution in [1.82, 2.24) is 0 Å². The molecule has 1 unspecified atom stereocenters. The van der Waals surface area contributed by atoms with Crippen LogP contribution < -0.4 is 10.6 Å². The van der Waals surface area contributed by atoms with Gasteiger partial charge in [-0.2, -0.15) is 0 Å². The second-order valence-corrected chi connectivity index (χ2v) is 6.13. The normalized spacial score (nSPS) is 25.1. The molecule has 19 heavy (non-hydrogen) atoms. The number of nitrogens with zero attached hydrogens (tertiary/aromatic N) is 1. The SMILES string of the molecule is CCC(N)c1ccc(N(C)C2CCC(C)CC2)cc1. The van der Waals surface area contributed by atoms with Crippen LogP contribution in [0.4, 0.5) is 5.69 Å². The van der Waals surface area contributed by atoms with Gasteiger partial charge in [-0.1, -0.05) is 26.0 Å². The van der Waals surface area contributed by atoms with E-state index in [1.165, 1.54) is 36.9 Å². The first-order valence-electron chi connectivity index (χ1n) is 7.70. The molecule has 1 aliphatic rings. The monoisotopic (exact) mass is 260 g/mol. The molecule has 1 atom stereocenters. The maximum absolute atomic E-state index is 6.06. The number of rotatable bonds is 4. The minimum Gasteiger partial charge on any atom is -0.372 e. The van der Waals surface area contributed by atoms with Gasteiger partial charge >= 0.3 is 0 Å². The van der Waals surface area contributed by atoms with Crippen LogP contribution in [-0.4, -0.2) is 13.1 Å². The molecular weight excluding hydrogens is 232 g/mol. The molecule has 0 bridgehead atoms. The van der Waals surface area contributed by atoms with Gasteiger partial charge in [0.15, 0.2) is 0 Å². The highest BCUT2D eigenvalue weighted by atomic mass is 15.1. The summed E-state index contributed by atoms with van der Waals surface area (Å²) in [5, 5.41) is 0. The molecule has 0 aliphatic heterocycles. The van der Waals surface area contributed by atoms with Gasteiger partial charge in [0.05, 0.1) is 0 Å². The molecule has 1 aromatic rings. The Morgan fingerprint density at radius 1 is 1.16 bits per heavy atom. The average molecular weight is 260 g/mol. The summed E-state index contributed by atoms with van der Waals surface area (Å²) in [6.07, 6.45) is 6.39. The Labute approximate surface area is 118 Å². The number of benzene rings is 1. The summed E-state index contributed by atoms with van der Waals surface area (Å²) >= 11 is 0. The molecule has 2 rings (SSSR count). The van der Waals surface area contributed by atoms with Crippen molar-refractivity contribution in [3.63, 3.8) is 0 Å². The van der Waals surface area contributed by atoms with Crippen LogP contribution in [0.15, 0.2) is 24.3 Å². The van der Waals surface area contributed by atoms with Crippen LogP contribution in [0.5, 0.6) is 0 Å². The third kappa shape index (κ3) is 3.50. The van der Waals surface area contributed by atoms with Crippen LogP contribution in [0.1, 0.15) is 57.6 Å². The van der Waals surface area contributed by atoms with E-state index in [0.29, 0.717) is 6.04 Å². The van der Waals surface area contributed by atoms with Gasteiger partial charge in [0.2, 0.25) is 0 Å². The fraction of sp³-hybridized carbons (Fsp3) is 0.647. The smallest absolute Gasteiger partial charge is 0.0366 e. The summed E-state index contributed by atoms with van der Waals surface area (Å²) < 4.78 is 0. The van der Waals surface area contributed by atoms with Crippen molar-refractivity contribution >= 4 is 5.69 Å². The first-order chi connectivity index (χ1) is 9.11. The minimum atomic E-state index is 0.176. The minimum absolute atomic E-state index is 0.176. The molecule has 1 aliphatic carbocycles. The van der Waals surface area contributed by atoms with Gasteiger partial charge in [0.1, 0.15) is 0 Å². The lowest BCUT2D eigenvalue weighted by molar-refractivity contribution is 0.341. The third-order valence-electron chi connectivity index (χ3n) is 4.70. The van der Waals surface area contributed by atoms with E-state index in [9.17, 15) is 0 Å². The standard InChI is InChI=1S/C17H28N2/c1-4-17(18)14-7-11-16(12-8-14)19(3)15-9-5-13(2)6-10-15/h7-8,11-13,15,17H,4-6,9-10,18H2,1-3H3. The van der Waals surface area contributed by atoms with E-state index in [1.807, 2.05) is 0 Å². The summed E-state index contributed by atoms with van der Waals surface area (Å²) in [5.74, 6) is 0.912. The highest BCUT2D eigenvalue weighted by molar-refractivity contribution is 5.48. The Kier molecular flexibility index (Phi) is 4.87. The largest absolute Gasteiger partial charge is 0.372 e. The third-order valence-corrected chi connectivity index (χ3v) is 4.70. The zero-order chi connectivity index (χ0) is 13.8. The van der Waals surface area contributed by atoms with Crippen LogP contribution in [0.25, 0.3) is 0 Å². The molecule has 0 saturated heterocycles. The van der Waals surface area contributed by atoms with Gasteiger partial charge in [-0.25, -0.2) is 0 Å². The molecule has 2 nitrogen and oxygen atoms in total. The van der Waals surface area contributed by atoms with Gasteiger partial charge in [0.25, 0.3) is 0 Å². The molecular formula is C17H28N2. The molecule has 0 radical (unpaired) electrons. The Morgan fingerprint density at radius 2 is 1.74 bits per heavy atom. The molecule has 106 valence electrons. The molecule has 0 amide bonds. The maximum Gasteiger partial charge on any atom is 0.0366 e. The van der Waals surface area contributed by atoms with Crippen LogP contribution >= 0.6 is 0 Å². The van der Waals surface area contributed by atoms with Crippen molar-refractivity contribution in [1.29, 1.82) is 0 Å². The number of anilines is 1. The molecule has 2 heteroatoms. The lowest BCUT2D eigenvalue weighted by Gasteiger charge is -2.35. The lowest BCUT2D eigenvalue weighted by atomic mass is 9.86. The molecule has 0 aromatic heterocycles. The number of nitrogens with two attached hydrogens (primary N) is 1. The predicted molar refractivity (Wildman–Crippen MR) is 83.5 cm³/mol. The molecule has 0 heterocycles. The first-order valence-corrected chi connectivity index (χ1v) is 7.70. The predicted octanol–water partition coefficient (Wildman–Crippen LogP) is 4.11. The lowest BCUT2D eigenvalue weighted by Crippen LogP contribution is -2.34. The van der Waals surface area contributed by atoms with Crippen molar-refractivity contribution in [2.75, 3.05) is 11.9 Å². The van der Waals surface area contributed by atoms with E-state index in [0.717, 1.165) is 12.3 Å². The maximum atomic E-state index is 6.06. The summed E-state index contributed by atoms with van der Waals surface area (Å²) in [7, 11) is 2.23. The Hall–Kier alpha value is -1.02. The zero-order valence-corrected chi connectivity index (χ0v) is 12.6. The highest BCUT2D eigenvalue weighted by Crippen LogP contribution is 2.29. The Morgan fingerprint density at radius 3 is 2.26 bits per heavy atom. The summed E-state index contributed by atoms with van der Waals surface area (Å²) in [4.78, 5) is 2.45. The van der Waals surface area contributed by atoms with E-state index in [4.69, 9.17) is 5.73 Å². The summed E-state index contributed by atoms with van der Waals surface area (Å²) in [6.45, 7) is 4.51. The van der Waals surface area contributed by atoms with Crippen LogP contribution in [-0.2, 0) is 0 Å². The Bertz CT molecular complexity index is 377. The van der Waals surface area contributed by atoms with Crippen molar-refractivity contribution in [3.8, 4) is 0 Å². The summed E-state index contributed by atoms with van der Waals surface area (Å²) in [5.41, 5.74) is 8.64. The van der Waals surface area contributed by atoms with Crippen LogP contribution in [0.2, 0.25) is 0 Å². The van der Waals surface area contributed by atoms with E-state index in [1.54, 1.807) is 0 Å². The van der Waals surface area contributed by atoms with Gasteiger partial charge < -0.3 is 10.6 Å². The Balaban J connectivity index is 2.01. The van der Waals surface area contributed by atoms with Crippen molar-refractivity contribution < 1.29 is 0 Å². The first kappa shape index (κ1) is 14.4. The van der Waals surface area contributed by atoms with Crippen molar-refractivity contribution in [2.24, 2.45) is 11.7 Å². The van der Waals surface area contributed by atoms with Gasteiger partial charge in [-0.3, -0.25) is 0 Å².